The number of nitrogens with one attached hydrogen (secondary N) is 2. The van der Waals surface area contributed by atoms with Crippen LogP contribution < -0.4 is 15.0 Å². The van der Waals surface area contributed by atoms with Gasteiger partial charge in [-0.1, -0.05) is 23.2 Å². The summed E-state index contributed by atoms with van der Waals surface area (Å²) >= 11 is 11.8. The zero-order valence-corrected chi connectivity index (χ0v) is 15.4. The minimum absolute atomic E-state index is 0.197. The summed E-state index contributed by atoms with van der Waals surface area (Å²) in [5.41, 5.74) is 0.783. The van der Waals surface area contributed by atoms with Crippen LogP contribution in [-0.4, -0.2) is 31.1 Å². The zero-order chi connectivity index (χ0) is 18.4. The Bertz CT molecular complexity index is 759. The highest BCUT2D eigenvalue weighted by Gasteiger charge is 2.16. The van der Waals surface area contributed by atoms with Gasteiger partial charge < -0.3 is 15.0 Å². The number of ether oxygens (including phenoxy) is 1. The van der Waals surface area contributed by atoms with Crippen LogP contribution in [0.2, 0.25) is 10.0 Å². The SMILES string of the molecule is CC[NH+](CC(=O)Nc1ncc(Cl)cc1Cl)Cc1ccc(OC)c(F)c1. The summed E-state index contributed by atoms with van der Waals surface area (Å²) in [5.74, 6) is -0.190. The van der Waals surface area contributed by atoms with Gasteiger partial charge in [0.15, 0.2) is 23.9 Å². The molecule has 2 aromatic rings. The quantitative estimate of drug-likeness (QED) is 0.768. The van der Waals surface area contributed by atoms with E-state index in [2.05, 4.69) is 10.3 Å². The molecule has 1 aromatic carbocycles. The summed E-state index contributed by atoms with van der Waals surface area (Å²) in [5, 5.41) is 3.33. The molecule has 2 N–H and O–H groups in total. The van der Waals surface area contributed by atoms with Crippen molar-refractivity contribution in [3.63, 3.8) is 0 Å². The lowest BCUT2D eigenvalue weighted by Crippen LogP contribution is -3.11. The van der Waals surface area contributed by atoms with Crippen molar-refractivity contribution < 1.29 is 18.8 Å². The molecule has 0 aliphatic rings. The number of quaternary nitrogens is 1. The van der Waals surface area contributed by atoms with E-state index >= 15 is 0 Å². The number of rotatable bonds is 7. The summed E-state index contributed by atoms with van der Waals surface area (Å²) in [6.45, 7) is 3.36. The number of anilines is 1. The Morgan fingerprint density at radius 3 is 2.72 bits per heavy atom. The lowest BCUT2D eigenvalue weighted by molar-refractivity contribution is -0.903. The molecule has 0 aliphatic carbocycles. The number of halogens is 3. The number of pyridine rings is 1. The van der Waals surface area contributed by atoms with Crippen LogP contribution in [0.25, 0.3) is 0 Å². The molecule has 5 nitrogen and oxygen atoms in total. The molecule has 0 spiro atoms. The average Bonchev–Trinajstić information content (AvgIpc) is 2.57. The van der Waals surface area contributed by atoms with Crippen LogP contribution in [0.3, 0.4) is 0 Å². The zero-order valence-electron chi connectivity index (χ0n) is 13.9. The van der Waals surface area contributed by atoms with Crippen LogP contribution in [0.4, 0.5) is 10.2 Å². The van der Waals surface area contributed by atoms with Crippen LogP contribution >= 0.6 is 23.2 Å². The van der Waals surface area contributed by atoms with Gasteiger partial charge in [-0.2, -0.15) is 0 Å². The molecule has 1 atom stereocenters. The third kappa shape index (κ3) is 5.56. The van der Waals surface area contributed by atoms with E-state index < -0.39 is 5.82 Å². The second-order valence-corrected chi connectivity index (χ2v) is 6.30. The molecule has 1 heterocycles. The highest BCUT2D eigenvalue weighted by atomic mass is 35.5. The monoisotopic (exact) mass is 386 g/mol. The third-order valence-corrected chi connectivity index (χ3v) is 4.14. The van der Waals surface area contributed by atoms with Crippen LogP contribution in [0.1, 0.15) is 12.5 Å². The van der Waals surface area contributed by atoms with Gasteiger partial charge in [0, 0.05) is 11.8 Å². The van der Waals surface area contributed by atoms with E-state index in [9.17, 15) is 9.18 Å². The van der Waals surface area contributed by atoms with E-state index in [0.29, 0.717) is 18.1 Å². The van der Waals surface area contributed by atoms with E-state index in [1.165, 1.54) is 25.4 Å². The van der Waals surface area contributed by atoms with Crippen molar-refractivity contribution >= 4 is 34.9 Å². The number of likely N-dealkylation sites (N-methyl/N-ethyl adjacent to an activating group) is 1. The second kappa shape index (κ2) is 8.99. The topological polar surface area (TPSA) is 55.7 Å². The number of amides is 1. The maximum Gasteiger partial charge on any atom is 0.280 e. The number of benzene rings is 1. The third-order valence-electron chi connectivity index (χ3n) is 3.65. The first-order valence-corrected chi connectivity index (χ1v) is 8.45. The first-order chi connectivity index (χ1) is 11.9. The standard InChI is InChI=1S/C17H18Cl2FN3O2/c1-3-23(9-11-4-5-15(25-2)14(20)6-11)10-16(24)22-17-13(19)7-12(18)8-21-17/h4-8H,3,9-10H2,1-2H3,(H,21,22,24)/p+1. The largest absolute Gasteiger partial charge is 0.494 e. The summed E-state index contributed by atoms with van der Waals surface area (Å²) in [4.78, 5) is 17.2. The van der Waals surface area contributed by atoms with Crippen molar-refractivity contribution in [2.75, 3.05) is 25.5 Å². The number of carbonyl (C=O) groups is 1. The Morgan fingerprint density at radius 1 is 1.36 bits per heavy atom. The van der Waals surface area contributed by atoms with Gasteiger partial charge in [0.2, 0.25) is 0 Å². The number of carbonyl (C=O) groups excluding carboxylic acids is 1. The fourth-order valence-electron chi connectivity index (χ4n) is 2.33. The average molecular weight is 387 g/mol. The van der Waals surface area contributed by atoms with Crippen molar-refractivity contribution in [1.29, 1.82) is 0 Å². The number of aromatic nitrogens is 1. The molecule has 1 amide bonds. The molecule has 0 saturated heterocycles. The van der Waals surface area contributed by atoms with E-state index in [4.69, 9.17) is 27.9 Å². The smallest absolute Gasteiger partial charge is 0.280 e. The predicted molar refractivity (Wildman–Crippen MR) is 95.9 cm³/mol. The molecule has 0 fully saturated rings. The van der Waals surface area contributed by atoms with Crippen LogP contribution in [0, 0.1) is 5.82 Å². The molecule has 1 aromatic heterocycles. The van der Waals surface area contributed by atoms with Gasteiger partial charge in [0.1, 0.15) is 6.54 Å². The van der Waals surface area contributed by atoms with Crippen LogP contribution in [0.5, 0.6) is 5.75 Å². The lowest BCUT2D eigenvalue weighted by Gasteiger charge is -2.17. The summed E-state index contributed by atoms with van der Waals surface area (Å²) in [6, 6.07) is 6.29. The molecule has 134 valence electrons. The Balaban J connectivity index is 1.98. The number of hydrogen-bond acceptors (Lipinski definition) is 3. The molecule has 0 bridgehead atoms. The number of methoxy groups -OCH3 is 1. The molecule has 2 rings (SSSR count). The predicted octanol–water partition coefficient (Wildman–Crippen LogP) is 2.58. The Morgan fingerprint density at radius 2 is 2.12 bits per heavy atom. The fourth-order valence-corrected chi connectivity index (χ4v) is 2.76. The van der Waals surface area contributed by atoms with E-state index in [0.717, 1.165) is 10.5 Å². The highest BCUT2D eigenvalue weighted by molar-refractivity contribution is 6.36. The molecule has 0 aliphatic heterocycles. The summed E-state index contributed by atoms with van der Waals surface area (Å²) in [6.07, 6.45) is 1.41. The molecule has 0 radical (unpaired) electrons. The maximum atomic E-state index is 13.8. The molecular formula is C17H19Cl2FN3O2+. The minimum atomic E-state index is -0.419. The van der Waals surface area contributed by atoms with E-state index in [-0.39, 0.29) is 29.0 Å². The van der Waals surface area contributed by atoms with Gasteiger partial charge in [-0.25, -0.2) is 9.37 Å². The normalized spacial score (nSPS) is 11.9. The van der Waals surface area contributed by atoms with E-state index in [1.807, 2.05) is 6.92 Å². The summed E-state index contributed by atoms with van der Waals surface area (Å²) in [7, 11) is 1.42. The molecule has 1 unspecified atom stereocenters. The van der Waals surface area contributed by atoms with E-state index in [1.54, 1.807) is 12.1 Å². The Hall–Kier alpha value is -1.89. The summed E-state index contributed by atoms with van der Waals surface area (Å²) < 4.78 is 18.7. The number of hydrogen-bond donors (Lipinski definition) is 2. The molecule has 0 saturated carbocycles. The lowest BCUT2D eigenvalue weighted by atomic mass is 10.2. The van der Waals surface area contributed by atoms with Gasteiger partial charge in [0.05, 0.1) is 23.7 Å². The van der Waals surface area contributed by atoms with Crippen molar-refractivity contribution in [2.45, 2.75) is 13.5 Å². The minimum Gasteiger partial charge on any atom is -0.494 e. The van der Waals surface area contributed by atoms with Gasteiger partial charge in [-0.05, 0) is 31.2 Å². The number of nitrogens with zero attached hydrogens (tertiary/aromatic N) is 1. The van der Waals surface area contributed by atoms with Gasteiger partial charge in [-0.15, -0.1) is 0 Å². The molecular weight excluding hydrogens is 368 g/mol. The first-order valence-electron chi connectivity index (χ1n) is 7.69. The van der Waals surface area contributed by atoms with Crippen LogP contribution in [0.15, 0.2) is 30.5 Å². The van der Waals surface area contributed by atoms with Crippen molar-refractivity contribution in [3.8, 4) is 5.75 Å². The van der Waals surface area contributed by atoms with Crippen LogP contribution in [-0.2, 0) is 11.3 Å². The molecule has 8 heteroatoms. The maximum absolute atomic E-state index is 13.8. The van der Waals surface area contributed by atoms with Crippen molar-refractivity contribution in [3.05, 3.63) is 51.9 Å². The fraction of sp³-hybridized carbons (Fsp3) is 0.294. The Kier molecular flexibility index (Phi) is 6.99. The highest BCUT2D eigenvalue weighted by Crippen LogP contribution is 2.22. The second-order valence-electron chi connectivity index (χ2n) is 5.46. The van der Waals surface area contributed by atoms with Gasteiger partial charge in [0.25, 0.3) is 5.91 Å². The van der Waals surface area contributed by atoms with Crippen molar-refractivity contribution in [1.82, 2.24) is 4.98 Å². The van der Waals surface area contributed by atoms with Gasteiger partial charge in [-0.3, -0.25) is 4.79 Å². The van der Waals surface area contributed by atoms with Gasteiger partial charge >= 0.3 is 0 Å². The van der Waals surface area contributed by atoms with Crippen molar-refractivity contribution in [2.24, 2.45) is 0 Å². The Labute approximate surface area is 155 Å². The molecule has 25 heavy (non-hydrogen) atoms. The first kappa shape index (κ1) is 19.4.